The smallest absolute Gasteiger partial charge is 0.129 e. The number of hydrogen-bond donors (Lipinski definition) is 1. The predicted octanol–water partition coefficient (Wildman–Crippen LogP) is 4.96. The highest BCUT2D eigenvalue weighted by molar-refractivity contribution is 6.83. The van der Waals surface area contributed by atoms with Crippen LogP contribution >= 0.6 is 0 Å². The van der Waals surface area contributed by atoms with Crippen LogP contribution < -0.4 is 0 Å². The second-order valence-electron chi connectivity index (χ2n) is 8.57. The van der Waals surface area contributed by atoms with Crippen molar-refractivity contribution in [1.29, 1.82) is 0 Å². The summed E-state index contributed by atoms with van der Waals surface area (Å²) in [4.78, 5) is 2.32. The fourth-order valence-corrected chi connectivity index (χ4v) is 3.52. The molecular weight excluding hydrogens is 346 g/mol. The Bertz CT molecular complexity index is 699. The van der Waals surface area contributed by atoms with Gasteiger partial charge >= 0.3 is 0 Å². The molecule has 0 aliphatic rings. The van der Waals surface area contributed by atoms with Crippen molar-refractivity contribution in [2.45, 2.75) is 58.7 Å². The Morgan fingerprint density at radius 2 is 1.30 bits per heavy atom. The number of hydrogen-bond acceptors (Lipinski definition) is 2. The van der Waals surface area contributed by atoms with Gasteiger partial charge in [-0.3, -0.25) is 4.90 Å². The van der Waals surface area contributed by atoms with E-state index in [2.05, 4.69) is 98.4 Å². The van der Waals surface area contributed by atoms with Gasteiger partial charge in [-0.25, -0.2) is 0 Å². The van der Waals surface area contributed by atoms with Crippen LogP contribution in [0.3, 0.4) is 0 Å². The lowest BCUT2D eigenvalue weighted by Gasteiger charge is -2.33. The number of aliphatic hydroxyl groups is 1. The molecule has 2 rings (SSSR count). The maximum absolute atomic E-state index is 11.0. The molecule has 2 aromatic carbocycles. The van der Waals surface area contributed by atoms with Crippen molar-refractivity contribution in [1.82, 2.24) is 4.90 Å². The molecule has 1 N–H and O–H groups in total. The van der Waals surface area contributed by atoms with Crippen molar-refractivity contribution >= 4 is 8.07 Å². The van der Waals surface area contributed by atoms with E-state index in [-0.39, 0.29) is 12.0 Å². The average Bonchev–Trinajstić information content (AvgIpc) is 2.62. The summed E-state index contributed by atoms with van der Waals surface area (Å²) in [6, 6.07) is 20.7. The minimum absolute atomic E-state index is 0.153. The van der Waals surface area contributed by atoms with Gasteiger partial charge in [-0.2, -0.15) is 0 Å². The molecule has 0 aliphatic heterocycles. The third kappa shape index (κ3) is 7.34. The molecule has 2 nitrogen and oxygen atoms in total. The van der Waals surface area contributed by atoms with E-state index in [0.717, 1.165) is 13.1 Å². The summed E-state index contributed by atoms with van der Waals surface area (Å²) in [5.41, 5.74) is 5.98. The number of benzene rings is 2. The van der Waals surface area contributed by atoms with Crippen LogP contribution in [0.4, 0.5) is 0 Å². The summed E-state index contributed by atoms with van der Waals surface area (Å²) in [7, 11) is -1.53. The first-order valence-corrected chi connectivity index (χ1v) is 13.3. The van der Waals surface area contributed by atoms with Crippen LogP contribution in [0.1, 0.15) is 25.0 Å². The fraction of sp³-hybridized carbons (Fsp3) is 0.417. The first-order valence-electron chi connectivity index (χ1n) is 9.79. The molecule has 0 spiro atoms. The Morgan fingerprint density at radius 3 is 1.67 bits per heavy atom. The Kier molecular flexibility index (Phi) is 7.86. The molecule has 0 aliphatic carbocycles. The second kappa shape index (κ2) is 9.89. The Morgan fingerprint density at radius 1 is 0.852 bits per heavy atom. The van der Waals surface area contributed by atoms with Crippen molar-refractivity contribution in [2.24, 2.45) is 5.92 Å². The number of nitrogens with zero attached hydrogens (tertiary/aromatic N) is 1. The van der Waals surface area contributed by atoms with Crippen molar-refractivity contribution in [3.05, 3.63) is 71.8 Å². The van der Waals surface area contributed by atoms with Gasteiger partial charge in [0.25, 0.3) is 0 Å². The fourth-order valence-electron chi connectivity index (χ4n) is 2.94. The van der Waals surface area contributed by atoms with E-state index in [0.29, 0.717) is 0 Å². The van der Waals surface area contributed by atoms with E-state index in [9.17, 15) is 5.11 Å². The summed E-state index contributed by atoms with van der Waals surface area (Å²) in [5.74, 6) is 3.62. The van der Waals surface area contributed by atoms with Crippen molar-refractivity contribution in [2.75, 3.05) is 0 Å². The van der Waals surface area contributed by atoms with Gasteiger partial charge in [0.05, 0.1) is 12.1 Å². The van der Waals surface area contributed by atoms with Crippen LogP contribution in [-0.2, 0) is 13.1 Å². The van der Waals surface area contributed by atoms with Crippen molar-refractivity contribution in [3.63, 3.8) is 0 Å². The summed E-state index contributed by atoms with van der Waals surface area (Å²) in [6.45, 7) is 12.4. The standard InChI is InChI=1S/C24H33NOSi/c1-20(2)24(26)23(16-17-27(3,4)5)25(18-21-12-8-6-9-13-21)19-22-14-10-7-11-15-22/h6-15,20,23-24,26H,18-19H2,1-5H3/t23-,24+/m1/s1. The zero-order valence-corrected chi connectivity index (χ0v) is 18.3. The molecule has 0 fully saturated rings. The van der Waals surface area contributed by atoms with Gasteiger partial charge in [0, 0.05) is 13.1 Å². The van der Waals surface area contributed by atoms with Crippen LogP contribution in [-0.4, -0.2) is 30.2 Å². The lowest BCUT2D eigenvalue weighted by Crippen LogP contribution is -2.44. The highest BCUT2D eigenvalue weighted by atomic mass is 28.3. The summed E-state index contributed by atoms with van der Waals surface area (Å²) in [6.07, 6.45) is -0.485. The average molecular weight is 380 g/mol. The zero-order chi connectivity index (χ0) is 19.9. The third-order valence-electron chi connectivity index (χ3n) is 4.45. The topological polar surface area (TPSA) is 23.5 Å². The van der Waals surface area contributed by atoms with Gasteiger partial charge in [0.1, 0.15) is 8.07 Å². The summed E-state index contributed by atoms with van der Waals surface area (Å²) < 4.78 is 0. The highest BCUT2D eigenvalue weighted by Gasteiger charge is 2.27. The monoisotopic (exact) mass is 379 g/mol. The third-order valence-corrected chi connectivity index (χ3v) is 5.35. The lowest BCUT2D eigenvalue weighted by molar-refractivity contribution is 0.0383. The minimum atomic E-state index is -1.53. The molecule has 0 unspecified atom stereocenters. The number of rotatable bonds is 7. The molecule has 0 amide bonds. The van der Waals surface area contributed by atoms with E-state index in [1.807, 2.05) is 12.1 Å². The first kappa shape index (κ1) is 21.4. The summed E-state index contributed by atoms with van der Waals surface area (Å²) >= 11 is 0. The van der Waals surface area contributed by atoms with Crippen LogP contribution in [0.15, 0.2) is 60.7 Å². The molecule has 3 heteroatoms. The van der Waals surface area contributed by atoms with Gasteiger partial charge in [-0.15, -0.1) is 5.54 Å². The maximum Gasteiger partial charge on any atom is 0.129 e. The van der Waals surface area contributed by atoms with E-state index in [1.165, 1.54) is 11.1 Å². The Labute approximate surface area is 166 Å². The van der Waals surface area contributed by atoms with Gasteiger partial charge in [0.15, 0.2) is 0 Å². The van der Waals surface area contributed by atoms with E-state index < -0.39 is 14.2 Å². The molecule has 0 saturated carbocycles. The Balaban J connectivity index is 2.39. The predicted molar refractivity (Wildman–Crippen MR) is 118 cm³/mol. The molecular formula is C24H33NOSi. The summed E-state index contributed by atoms with van der Waals surface area (Å²) in [5, 5.41) is 11.0. The normalized spacial score (nSPS) is 13.9. The van der Waals surface area contributed by atoms with Crippen LogP contribution in [0.25, 0.3) is 0 Å². The van der Waals surface area contributed by atoms with Crippen LogP contribution in [0.2, 0.25) is 19.6 Å². The van der Waals surface area contributed by atoms with Gasteiger partial charge in [-0.1, -0.05) is 100 Å². The SMILES string of the molecule is CC(C)[C@H](O)[C@@H](C#C[Si](C)(C)C)N(Cc1ccccc1)Cc1ccccc1. The molecule has 0 heterocycles. The molecule has 144 valence electrons. The van der Waals surface area contributed by atoms with Gasteiger partial charge in [-0.05, 0) is 17.0 Å². The van der Waals surface area contributed by atoms with Crippen molar-refractivity contribution in [3.8, 4) is 11.5 Å². The van der Waals surface area contributed by atoms with E-state index >= 15 is 0 Å². The van der Waals surface area contributed by atoms with Gasteiger partial charge in [0.2, 0.25) is 0 Å². The maximum atomic E-state index is 11.0. The van der Waals surface area contributed by atoms with Crippen LogP contribution in [0, 0.1) is 17.4 Å². The molecule has 27 heavy (non-hydrogen) atoms. The van der Waals surface area contributed by atoms with Crippen LogP contribution in [0.5, 0.6) is 0 Å². The second-order valence-corrected chi connectivity index (χ2v) is 13.3. The number of aliphatic hydroxyl groups excluding tert-OH is 1. The molecule has 0 radical (unpaired) electrons. The quantitative estimate of drug-likeness (QED) is 0.543. The Hall–Kier alpha value is -1.86. The molecule has 2 atom stereocenters. The first-order chi connectivity index (χ1) is 12.8. The molecule has 0 aromatic heterocycles. The largest absolute Gasteiger partial charge is 0.390 e. The highest BCUT2D eigenvalue weighted by Crippen LogP contribution is 2.19. The van der Waals surface area contributed by atoms with E-state index in [4.69, 9.17) is 0 Å². The van der Waals surface area contributed by atoms with Gasteiger partial charge < -0.3 is 5.11 Å². The van der Waals surface area contributed by atoms with Crippen molar-refractivity contribution < 1.29 is 5.11 Å². The zero-order valence-electron chi connectivity index (χ0n) is 17.3. The lowest BCUT2D eigenvalue weighted by atomic mass is 9.97. The molecule has 0 saturated heterocycles. The molecule has 2 aromatic rings. The molecule has 0 bridgehead atoms. The minimum Gasteiger partial charge on any atom is -0.390 e. The van der Waals surface area contributed by atoms with E-state index in [1.54, 1.807) is 0 Å².